The molecule has 154 valence electrons. The SMILES string of the molecule is C=C(C)c1cccc(C(C)(C)NC(=O)OCCCOc2ccc(C(C)=O)cc2)c1. The summed E-state index contributed by atoms with van der Waals surface area (Å²) in [6.45, 7) is 12.0. The zero-order valence-corrected chi connectivity index (χ0v) is 17.6. The fraction of sp³-hybridized carbons (Fsp3) is 0.333. The highest BCUT2D eigenvalue weighted by Crippen LogP contribution is 2.23. The minimum atomic E-state index is -0.572. The predicted molar refractivity (Wildman–Crippen MR) is 115 cm³/mol. The summed E-state index contributed by atoms with van der Waals surface area (Å²) in [5, 5.41) is 2.90. The number of amides is 1. The quantitative estimate of drug-likeness (QED) is 0.459. The number of ketones is 1. The lowest BCUT2D eigenvalue weighted by Crippen LogP contribution is -2.41. The van der Waals surface area contributed by atoms with E-state index in [1.165, 1.54) is 6.92 Å². The van der Waals surface area contributed by atoms with Crippen LogP contribution in [0.4, 0.5) is 4.79 Å². The molecular formula is C24H29NO4. The van der Waals surface area contributed by atoms with Gasteiger partial charge >= 0.3 is 6.09 Å². The van der Waals surface area contributed by atoms with Gasteiger partial charge in [0.15, 0.2) is 5.78 Å². The summed E-state index contributed by atoms with van der Waals surface area (Å²) in [7, 11) is 0. The molecule has 2 aromatic carbocycles. The molecule has 0 saturated carbocycles. The van der Waals surface area contributed by atoms with E-state index in [1.54, 1.807) is 24.3 Å². The van der Waals surface area contributed by atoms with Gasteiger partial charge < -0.3 is 14.8 Å². The summed E-state index contributed by atoms with van der Waals surface area (Å²) in [5.41, 5.74) is 3.07. The topological polar surface area (TPSA) is 64.6 Å². The van der Waals surface area contributed by atoms with Gasteiger partial charge in [-0.05, 0) is 69.2 Å². The average molecular weight is 395 g/mol. The van der Waals surface area contributed by atoms with Crippen molar-refractivity contribution in [2.75, 3.05) is 13.2 Å². The molecule has 0 saturated heterocycles. The maximum absolute atomic E-state index is 12.2. The first-order valence-corrected chi connectivity index (χ1v) is 9.64. The van der Waals surface area contributed by atoms with Crippen molar-refractivity contribution in [3.63, 3.8) is 0 Å². The highest BCUT2D eigenvalue weighted by Gasteiger charge is 2.23. The molecule has 0 bridgehead atoms. The van der Waals surface area contributed by atoms with E-state index in [0.717, 1.165) is 16.7 Å². The van der Waals surface area contributed by atoms with Crippen molar-refractivity contribution in [3.05, 3.63) is 71.8 Å². The van der Waals surface area contributed by atoms with Crippen LogP contribution in [-0.4, -0.2) is 25.1 Å². The number of carbonyl (C=O) groups excluding carboxylic acids is 2. The summed E-state index contributed by atoms with van der Waals surface area (Å²) in [6.07, 6.45) is 0.0922. The van der Waals surface area contributed by atoms with E-state index in [9.17, 15) is 9.59 Å². The van der Waals surface area contributed by atoms with E-state index in [-0.39, 0.29) is 12.4 Å². The third-order valence-corrected chi connectivity index (χ3v) is 4.54. The molecule has 0 heterocycles. The van der Waals surface area contributed by atoms with E-state index < -0.39 is 11.6 Å². The zero-order chi connectivity index (χ0) is 21.4. The van der Waals surface area contributed by atoms with Gasteiger partial charge in [0, 0.05) is 12.0 Å². The molecule has 5 heteroatoms. The Balaban J connectivity index is 1.75. The highest BCUT2D eigenvalue weighted by molar-refractivity contribution is 5.94. The molecule has 1 amide bonds. The molecule has 2 aromatic rings. The molecule has 0 atom stereocenters. The van der Waals surface area contributed by atoms with Crippen molar-refractivity contribution in [2.24, 2.45) is 0 Å². The third kappa shape index (κ3) is 6.79. The lowest BCUT2D eigenvalue weighted by molar-refractivity contribution is 0.101. The molecule has 1 N–H and O–H groups in total. The van der Waals surface area contributed by atoms with Crippen LogP contribution in [0.2, 0.25) is 0 Å². The van der Waals surface area contributed by atoms with Crippen molar-refractivity contribution < 1.29 is 19.1 Å². The first-order valence-electron chi connectivity index (χ1n) is 9.64. The Kier molecular flexibility index (Phi) is 7.59. The van der Waals surface area contributed by atoms with Crippen LogP contribution in [0.15, 0.2) is 55.1 Å². The van der Waals surface area contributed by atoms with Crippen LogP contribution < -0.4 is 10.1 Å². The Labute approximate surface area is 172 Å². The summed E-state index contributed by atoms with van der Waals surface area (Å²) in [4.78, 5) is 23.4. The lowest BCUT2D eigenvalue weighted by atomic mass is 9.92. The number of alkyl carbamates (subject to hydrolysis) is 1. The Morgan fingerprint density at radius 2 is 1.69 bits per heavy atom. The molecule has 0 aliphatic heterocycles. The Bertz CT molecular complexity index is 869. The predicted octanol–water partition coefficient (Wildman–Crippen LogP) is 5.35. The van der Waals surface area contributed by atoms with Gasteiger partial charge in [-0.1, -0.05) is 30.4 Å². The monoisotopic (exact) mass is 395 g/mol. The Morgan fingerprint density at radius 3 is 2.31 bits per heavy atom. The minimum absolute atomic E-state index is 0.0187. The Morgan fingerprint density at radius 1 is 1.00 bits per heavy atom. The molecule has 0 radical (unpaired) electrons. The van der Waals surface area contributed by atoms with Crippen molar-refractivity contribution >= 4 is 17.4 Å². The second-order valence-corrected chi connectivity index (χ2v) is 7.53. The first-order chi connectivity index (χ1) is 13.7. The van der Waals surface area contributed by atoms with E-state index in [0.29, 0.717) is 24.3 Å². The minimum Gasteiger partial charge on any atom is -0.493 e. The molecule has 0 aliphatic carbocycles. The van der Waals surface area contributed by atoms with Gasteiger partial charge in [-0.25, -0.2) is 4.79 Å². The summed E-state index contributed by atoms with van der Waals surface area (Å²) in [6, 6.07) is 14.9. The van der Waals surface area contributed by atoms with Crippen molar-refractivity contribution in [1.29, 1.82) is 0 Å². The van der Waals surface area contributed by atoms with Crippen LogP contribution in [0, 0.1) is 0 Å². The van der Waals surface area contributed by atoms with Crippen molar-refractivity contribution in [3.8, 4) is 5.75 Å². The summed E-state index contributed by atoms with van der Waals surface area (Å²) in [5.74, 6) is 0.697. The number of nitrogens with one attached hydrogen (secondary N) is 1. The maximum atomic E-state index is 12.2. The van der Waals surface area contributed by atoms with Crippen molar-refractivity contribution in [1.82, 2.24) is 5.32 Å². The second kappa shape index (κ2) is 9.92. The fourth-order valence-electron chi connectivity index (χ4n) is 2.74. The van der Waals surface area contributed by atoms with Gasteiger partial charge in [0.2, 0.25) is 0 Å². The number of hydrogen-bond acceptors (Lipinski definition) is 4. The lowest BCUT2D eigenvalue weighted by Gasteiger charge is -2.27. The van der Waals surface area contributed by atoms with Gasteiger partial charge in [-0.3, -0.25) is 4.79 Å². The van der Waals surface area contributed by atoms with Gasteiger partial charge in [0.25, 0.3) is 0 Å². The molecular weight excluding hydrogens is 366 g/mol. The largest absolute Gasteiger partial charge is 0.493 e. The number of ether oxygens (including phenoxy) is 2. The van der Waals surface area contributed by atoms with Gasteiger partial charge in [0.05, 0.1) is 18.8 Å². The van der Waals surface area contributed by atoms with Crippen LogP contribution in [0.1, 0.15) is 55.6 Å². The smallest absolute Gasteiger partial charge is 0.407 e. The molecule has 0 fully saturated rings. The van der Waals surface area contributed by atoms with Crippen molar-refractivity contribution in [2.45, 2.75) is 39.7 Å². The molecule has 0 aromatic heterocycles. The van der Waals surface area contributed by atoms with Crippen LogP contribution in [0.25, 0.3) is 5.57 Å². The first kappa shape index (κ1) is 22.2. The Hall–Kier alpha value is -3.08. The van der Waals surface area contributed by atoms with Crippen LogP contribution in [-0.2, 0) is 10.3 Å². The van der Waals surface area contributed by atoms with Gasteiger partial charge in [-0.15, -0.1) is 0 Å². The number of rotatable bonds is 9. The number of benzene rings is 2. The molecule has 0 unspecified atom stereocenters. The fourth-order valence-corrected chi connectivity index (χ4v) is 2.74. The zero-order valence-electron chi connectivity index (χ0n) is 17.6. The van der Waals surface area contributed by atoms with Gasteiger partial charge in [0.1, 0.15) is 5.75 Å². The van der Waals surface area contributed by atoms with E-state index >= 15 is 0 Å². The number of allylic oxidation sites excluding steroid dienone is 1. The second-order valence-electron chi connectivity index (χ2n) is 7.53. The number of carbonyl (C=O) groups is 2. The number of hydrogen-bond donors (Lipinski definition) is 1. The highest BCUT2D eigenvalue weighted by atomic mass is 16.5. The van der Waals surface area contributed by atoms with E-state index in [4.69, 9.17) is 9.47 Å². The summed E-state index contributed by atoms with van der Waals surface area (Å²) >= 11 is 0. The summed E-state index contributed by atoms with van der Waals surface area (Å²) < 4.78 is 10.9. The maximum Gasteiger partial charge on any atom is 0.407 e. The number of Topliss-reactive ketones (excluding diaryl/α,β-unsaturated/α-hetero) is 1. The van der Waals surface area contributed by atoms with Crippen LogP contribution in [0.3, 0.4) is 0 Å². The molecule has 0 spiro atoms. The molecule has 0 aliphatic rings. The normalized spacial score (nSPS) is 10.9. The molecule has 2 rings (SSSR count). The third-order valence-electron chi connectivity index (χ3n) is 4.54. The average Bonchev–Trinajstić information content (AvgIpc) is 2.67. The van der Waals surface area contributed by atoms with Crippen LogP contribution >= 0.6 is 0 Å². The van der Waals surface area contributed by atoms with Crippen LogP contribution in [0.5, 0.6) is 5.75 Å². The molecule has 5 nitrogen and oxygen atoms in total. The molecule has 29 heavy (non-hydrogen) atoms. The van der Waals surface area contributed by atoms with Gasteiger partial charge in [-0.2, -0.15) is 0 Å². The standard InChI is InChI=1S/C24H29NO4/c1-17(2)20-8-6-9-21(16-20)24(4,5)25-23(27)29-15-7-14-28-22-12-10-19(11-13-22)18(3)26/h6,8-13,16H,1,7,14-15H2,2-5H3,(H,25,27). The van der Waals surface area contributed by atoms with E-state index in [2.05, 4.69) is 11.9 Å². The van der Waals surface area contributed by atoms with E-state index in [1.807, 2.05) is 45.0 Å².